The lowest BCUT2D eigenvalue weighted by Crippen LogP contribution is -2.28. The fourth-order valence-corrected chi connectivity index (χ4v) is 3.17. The fourth-order valence-electron chi connectivity index (χ4n) is 1.08. The van der Waals surface area contributed by atoms with E-state index in [9.17, 15) is 8.42 Å². The zero-order chi connectivity index (χ0) is 13.1. The highest BCUT2D eigenvalue weighted by molar-refractivity contribution is 9.10. The van der Waals surface area contributed by atoms with E-state index in [0.29, 0.717) is 4.47 Å². The summed E-state index contributed by atoms with van der Waals surface area (Å²) in [4.78, 5) is 3.68. The molecule has 5 nitrogen and oxygen atoms in total. The molecule has 1 aromatic rings. The summed E-state index contributed by atoms with van der Waals surface area (Å²) in [6, 6.07) is 3.27. The highest BCUT2D eigenvalue weighted by Gasteiger charge is 2.24. The second-order valence-electron chi connectivity index (χ2n) is 3.18. The van der Waals surface area contributed by atoms with Crippen LogP contribution in [0.2, 0.25) is 5.15 Å². The van der Waals surface area contributed by atoms with Gasteiger partial charge in [-0.05, 0) is 22.0 Å². The molecule has 0 aliphatic rings. The van der Waals surface area contributed by atoms with Crippen LogP contribution in [0.5, 0.6) is 0 Å². The maximum Gasteiger partial charge on any atom is 0.245 e. The molecule has 0 fully saturated rings. The van der Waals surface area contributed by atoms with E-state index in [4.69, 9.17) is 16.9 Å². The Morgan fingerprint density at radius 3 is 2.88 bits per heavy atom. The summed E-state index contributed by atoms with van der Waals surface area (Å²) in [5, 5.41) is 8.35. The third-order valence-corrected chi connectivity index (χ3v) is 4.72. The van der Waals surface area contributed by atoms with Gasteiger partial charge >= 0.3 is 0 Å². The first-order chi connectivity index (χ1) is 7.89. The maximum absolute atomic E-state index is 12.1. The minimum atomic E-state index is -3.71. The van der Waals surface area contributed by atoms with E-state index < -0.39 is 10.0 Å². The van der Waals surface area contributed by atoms with Gasteiger partial charge in [-0.3, -0.25) is 0 Å². The largest absolute Gasteiger partial charge is 0.245 e. The quantitative estimate of drug-likeness (QED) is 0.787. The van der Waals surface area contributed by atoms with E-state index >= 15 is 0 Å². The molecule has 0 saturated carbocycles. The van der Waals surface area contributed by atoms with Crippen molar-refractivity contribution in [1.29, 1.82) is 5.26 Å². The molecule has 0 N–H and O–H groups in total. The van der Waals surface area contributed by atoms with Crippen LogP contribution in [0.1, 0.15) is 6.42 Å². The number of hydrogen-bond donors (Lipinski definition) is 0. The Hall–Kier alpha value is -0.680. The summed E-state index contributed by atoms with van der Waals surface area (Å²) in [6.45, 7) is 0.113. The summed E-state index contributed by atoms with van der Waals surface area (Å²) in [5.41, 5.74) is 0. The van der Waals surface area contributed by atoms with Gasteiger partial charge in [-0.15, -0.1) is 0 Å². The van der Waals surface area contributed by atoms with Gasteiger partial charge in [-0.2, -0.15) is 9.57 Å². The zero-order valence-electron chi connectivity index (χ0n) is 8.89. The van der Waals surface area contributed by atoms with Crippen molar-refractivity contribution in [3.8, 4) is 6.07 Å². The number of nitriles is 1. The number of nitrogens with zero attached hydrogens (tertiary/aromatic N) is 3. The Balaban J connectivity index is 3.13. The van der Waals surface area contributed by atoms with Crippen LogP contribution in [-0.4, -0.2) is 31.3 Å². The summed E-state index contributed by atoms with van der Waals surface area (Å²) in [6.07, 6.45) is 1.53. The molecule has 0 saturated heterocycles. The first kappa shape index (κ1) is 14.4. The van der Waals surface area contributed by atoms with Crippen molar-refractivity contribution in [2.75, 3.05) is 13.6 Å². The molecule has 17 heavy (non-hydrogen) atoms. The van der Waals surface area contributed by atoms with E-state index in [-0.39, 0.29) is 23.0 Å². The van der Waals surface area contributed by atoms with Crippen LogP contribution >= 0.6 is 27.5 Å². The van der Waals surface area contributed by atoms with Crippen LogP contribution in [0.3, 0.4) is 0 Å². The molecule has 0 bridgehead atoms. The second kappa shape index (κ2) is 5.78. The molecule has 0 amide bonds. The van der Waals surface area contributed by atoms with Crippen LogP contribution in [0.15, 0.2) is 21.6 Å². The van der Waals surface area contributed by atoms with Crippen molar-refractivity contribution in [1.82, 2.24) is 9.29 Å². The number of pyridine rings is 1. The lowest BCUT2D eigenvalue weighted by molar-refractivity contribution is 0.476. The van der Waals surface area contributed by atoms with Crippen molar-refractivity contribution >= 4 is 37.6 Å². The van der Waals surface area contributed by atoms with Gasteiger partial charge in [0.2, 0.25) is 10.0 Å². The summed E-state index contributed by atoms with van der Waals surface area (Å²) in [5.74, 6) is 0. The fraction of sp³-hybridized carbons (Fsp3) is 0.333. The zero-order valence-corrected chi connectivity index (χ0v) is 12.0. The third kappa shape index (κ3) is 3.39. The molecule has 0 aliphatic carbocycles. The third-order valence-electron chi connectivity index (χ3n) is 2.00. The summed E-state index contributed by atoms with van der Waals surface area (Å²) in [7, 11) is -2.31. The summed E-state index contributed by atoms with van der Waals surface area (Å²) >= 11 is 8.89. The Bertz CT molecular complexity index is 556. The van der Waals surface area contributed by atoms with E-state index in [1.54, 1.807) is 0 Å². The monoisotopic (exact) mass is 337 g/mol. The van der Waals surface area contributed by atoms with Crippen molar-refractivity contribution in [3.05, 3.63) is 21.9 Å². The lowest BCUT2D eigenvalue weighted by atomic mass is 10.5. The van der Waals surface area contributed by atoms with Gasteiger partial charge in [0, 0.05) is 30.7 Å². The van der Waals surface area contributed by atoms with E-state index in [1.807, 2.05) is 6.07 Å². The highest BCUT2D eigenvalue weighted by atomic mass is 79.9. The standard InChI is InChI=1S/C9H9BrClN3O2S/c1-14(4-2-3-12)17(15,16)8-5-7(10)6-13-9(8)11/h5-6H,2,4H2,1H3. The predicted octanol–water partition coefficient (Wildman–Crippen LogP) is 2.03. The molecule has 8 heteroatoms. The van der Waals surface area contributed by atoms with Crippen LogP contribution < -0.4 is 0 Å². The van der Waals surface area contributed by atoms with Crippen molar-refractivity contribution in [3.63, 3.8) is 0 Å². The molecular formula is C9H9BrClN3O2S. The smallest absolute Gasteiger partial charge is 0.242 e. The van der Waals surface area contributed by atoms with Gasteiger partial charge in [0.25, 0.3) is 0 Å². The number of hydrogen-bond acceptors (Lipinski definition) is 4. The molecule has 1 aromatic heterocycles. The Morgan fingerprint density at radius 2 is 2.29 bits per heavy atom. The predicted molar refractivity (Wildman–Crippen MR) is 67.0 cm³/mol. The van der Waals surface area contributed by atoms with Crippen LogP contribution in [-0.2, 0) is 10.0 Å². The highest BCUT2D eigenvalue weighted by Crippen LogP contribution is 2.25. The number of halogens is 2. The van der Waals surface area contributed by atoms with Crippen molar-refractivity contribution in [2.45, 2.75) is 11.3 Å². The molecule has 92 valence electrons. The average molecular weight is 339 g/mol. The molecule has 1 rings (SSSR count). The Kier molecular flexibility index (Phi) is 4.89. The Labute approximate surface area is 113 Å². The van der Waals surface area contributed by atoms with Gasteiger partial charge in [-0.25, -0.2) is 13.4 Å². The van der Waals surface area contributed by atoms with Gasteiger partial charge in [0.05, 0.1) is 6.07 Å². The van der Waals surface area contributed by atoms with Crippen LogP contribution in [0, 0.1) is 11.3 Å². The van der Waals surface area contributed by atoms with Gasteiger partial charge in [-0.1, -0.05) is 11.6 Å². The minimum Gasteiger partial charge on any atom is -0.242 e. The SMILES string of the molecule is CN(CCC#N)S(=O)(=O)c1cc(Br)cnc1Cl. The maximum atomic E-state index is 12.1. The Morgan fingerprint density at radius 1 is 1.65 bits per heavy atom. The van der Waals surface area contributed by atoms with Gasteiger partial charge in [0.15, 0.2) is 0 Å². The van der Waals surface area contributed by atoms with E-state index in [1.165, 1.54) is 19.3 Å². The van der Waals surface area contributed by atoms with E-state index in [2.05, 4.69) is 20.9 Å². The number of sulfonamides is 1. The van der Waals surface area contributed by atoms with Crippen LogP contribution in [0.4, 0.5) is 0 Å². The normalized spacial score (nSPS) is 11.5. The number of aromatic nitrogens is 1. The summed E-state index contributed by atoms with van der Waals surface area (Å²) < 4.78 is 25.8. The minimum absolute atomic E-state index is 0.0750. The lowest BCUT2D eigenvalue weighted by Gasteiger charge is -2.16. The molecule has 0 aromatic carbocycles. The van der Waals surface area contributed by atoms with Crippen molar-refractivity contribution in [2.24, 2.45) is 0 Å². The molecule has 0 aliphatic heterocycles. The second-order valence-corrected chi connectivity index (χ2v) is 6.46. The molecule has 0 spiro atoms. The number of rotatable bonds is 4. The average Bonchev–Trinajstić information content (AvgIpc) is 2.28. The first-order valence-corrected chi connectivity index (χ1v) is 7.15. The van der Waals surface area contributed by atoms with Gasteiger partial charge in [0.1, 0.15) is 10.0 Å². The van der Waals surface area contributed by atoms with Gasteiger partial charge < -0.3 is 0 Å². The molecule has 1 heterocycles. The molecular weight excluding hydrogens is 330 g/mol. The topological polar surface area (TPSA) is 74.1 Å². The molecule has 0 unspecified atom stereocenters. The molecule has 0 atom stereocenters. The first-order valence-electron chi connectivity index (χ1n) is 4.54. The van der Waals surface area contributed by atoms with Crippen molar-refractivity contribution < 1.29 is 8.42 Å². The van der Waals surface area contributed by atoms with E-state index in [0.717, 1.165) is 4.31 Å². The van der Waals surface area contributed by atoms with Crippen LogP contribution in [0.25, 0.3) is 0 Å². The molecule has 0 radical (unpaired) electrons.